The SMILES string of the molecule is CN1CCCC1CN[C@H]1CC[C@H](O)CC1. The summed E-state index contributed by atoms with van der Waals surface area (Å²) in [4.78, 5) is 2.46. The molecule has 1 saturated heterocycles. The summed E-state index contributed by atoms with van der Waals surface area (Å²) in [5.41, 5.74) is 0. The second-order valence-corrected chi connectivity index (χ2v) is 5.19. The zero-order valence-electron chi connectivity index (χ0n) is 9.78. The number of rotatable bonds is 3. The summed E-state index contributed by atoms with van der Waals surface area (Å²) in [5, 5.41) is 13.1. The molecule has 0 amide bonds. The molecule has 2 aliphatic rings. The Morgan fingerprint density at radius 1 is 1.20 bits per heavy atom. The minimum atomic E-state index is -0.0304. The van der Waals surface area contributed by atoms with Gasteiger partial charge in [0.15, 0.2) is 0 Å². The predicted octanol–water partition coefficient (Wildman–Crippen LogP) is 0.974. The largest absolute Gasteiger partial charge is 0.393 e. The molecule has 88 valence electrons. The van der Waals surface area contributed by atoms with Crippen LogP contribution < -0.4 is 5.32 Å². The number of likely N-dealkylation sites (N-methyl/N-ethyl adjacent to an activating group) is 1. The molecular weight excluding hydrogens is 188 g/mol. The van der Waals surface area contributed by atoms with Crippen molar-refractivity contribution in [2.24, 2.45) is 0 Å². The Balaban J connectivity index is 1.65. The third kappa shape index (κ3) is 3.16. The van der Waals surface area contributed by atoms with Gasteiger partial charge in [0.1, 0.15) is 0 Å². The van der Waals surface area contributed by atoms with Gasteiger partial charge in [0.05, 0.1) is 6.10 Å². The Labute approximate surface area is 92.8 Å². The molecule has 0 aromatic carbocycles. The van der Waals surface area contributed by atoms with E-state index < -0.39 is 0 Å². The third-order valence-corrected chi connectivity index (χ3v) is 4.01. The molecule has 0 aromatic heterocycles. The monoisotopic (exact) mass is 212 g/mol. The molecule has 0 spiro atoms. The number of likely N-dealkylation sites (tertiary alicyclic amines) is 1. The zero-order valence-corrected chi connectivity index (χ0v) is 9.78. The van der Waals surface area contributed by atoms with E-state index in [1.807, 2.05) is 0 Å². The third-order valence-electron chi connectivity index (χ3n) is 4.01. The van der Waals surface area contributed by atoms with Crippen LogP contribution in [0.15, 0.2) is 0 Å². The van der Waals surface area contributed by atoms with Gasteiger partial charge in [-0.2, -0.15) is 0 Å². The van der Waals surface area contributed by atoms with E-state index in [0.717, 1.165) is 38.3 Å². The lowest BCUT2D eigenvalue weighted by Crippen LogP contribution is -2.42. The van der Waals surface area contributed by atoms with Crippen molar-refractivity contribution in [1.82, 2.24) is 10.2 Å². The van der Waals surface area contributed by atoms with E-state index in [1.165, 1.54) is 19.4 Å². The first kappa shape index (κ1) is 11.4. The van der Waals surface area contributed by atoms with Gasteiger partial charge in [-0.15, -0.1) is 0 Å². The lowest BCUT2D eigenvalue weighted by atomic mass is 9.93. The molecule has 0 aromatic rings. The summed E-state index contributed by atoms with van der Waals surface area (Å²) in [5.74, 6) is 0. The second kappa shape index (κ2) is 5.28. The normalized spacial score (nSPS) is 38.4. The molecule has 1 heterocycles. The van der Waals surface area contributed by atoms with Gasteiger partial charge in [-0.3, -0.25) is 0 Å². The molecule has 1 unspecified atom stereocenters. The van der Waals surface area contributed by atoms with E-state index in [4.69, 9.17) is 0 Å². The number of aliphatic hydroxyl groups excluding tert-OH is 1. The Kier molecular flexibility index (Phi) is 4.00. The summed E-state index contributed by atoms with van der Waals surface area (Å²) in [6.45, 7) is 2.40. The smallest absolute Gasteiger partial charge is 0.0541 e. The Bertz CT molecular complexity index is 190. The molecule has 2 N–H and O–H groups in total. The van der Waals surface area contributed by atoms with E-state index in [1.54, 1.807) is 0 Å². The summed E-state index contributed by atoms with van der Waals surface area (Å²) < 4.78 is 0. The van der Waals surface area contributed by atoms with Crippen LogP contribution in [0.3, 0.4) is 0 Å². The fourth-order valence-electron chi connectivity index (χ4n) is 2.82. The van der Waals surface area contributed by atoms with Crippen molar-refractivity contribution in [1.29, 1.82) is 0 Å². The Morgan fingerprint density at radius 2 is 1.93 bits per heavy atom. The Hall–Kier alpha value is -0.120. The van der Waals surface area contributed by atoms with Crippen molar-refractivity contribution in [3.05, 3.63) is 0 Å². The van der Waals surface area contributed by atoms with Gasteiger partial charge in [-0.25, -0.2) is 0 Å². The number of hydrogen-bond donors (Lipinski definition) is 2. The van der Waals surface area contributed by atoms with E-state index in [0.29, 0.717) is 6.04 Å². The minimum Gasteiger partial charge on any atom is -0.393 e. The van der Waals surface area contributed by atoms with Crippen molar-refractivity contribution in [3.8, 4) is 0 Å². The van der Waals surface area contributed by atoms with Gasteiger partial charge < -0.3 is 15.3 Å². The van der Waals surface area contributed by atoms with Crippen molar-refractivity contribution in [2.75, 3.05) is 20.1 Å². The molecule has 0 radical (unpaired) electrons. The summed E-state index contributed by atoms with van der Waals surface area (Å²) >= 11 is 0. The first-order valence-corrected chi connectivity index (χ1v) is 6.37. The topological polar surface area (TPSA) is 35.5 Å². The van der Waals surface area contributed by atoms with Gasteiger partial charge in [0.25, 0.3) is 0 Å². The highest BCUT2D eigenvalue weighted by molar-refractivity contribution is 4.82. The van der Waals surface area contributed by atoms with Crippen LogP contribution in [0, 0.1) is 0 Å². The van der Waals surface area contributed by atoms with Gasteiger partial charge in [-0.1, -0.05) is 0 Å². The highest BCUT2D eigenvalue weighted by atomic mass is 16.3. The van der Waals surface area contributed by atoms with E-state index in [9.17, 15) is 5.11 Å². The first-order chi connectivity index (χ1) is 7.25. The molecule has 1 aliphatic heterocycles. The number of nitrogens with zero attached hydrogens (tertiary/aromatic N) is 1. The van der Waals surface area contributed by atoms with Crippen molar-refractivity contribution in [2.45, 2.75) is 56.7 Å². The van der Waals surface area contributed by atoms with Crippen molar-refractivity contribution >= 4 is 0 Å². The number of aliphatic hydroxyl groups is 1. The summed E-state index contributed by atoms with van der Waals surface area (Å²) in [7, 11) is 2.23. The van der Waals surface area contributed by atoms with Crippen LogP contribution in [0.4, 0.5) is 0 Å². The van der Waals surface area contributed by atoms with Gasteiger partial charge in [-0.05, 0) is 52.1 Å². The standard InChI is InChI=1S/C12H24N2O/c1-14-8-2-3-11(14)9-13-10-4-6-12(15)7-5-10/h10-13,15H,2-9H2,1H3/t10-,11?,12-. The van der Waals surface area contributed by atoms with Crippen LogP contribution in [-0.2, 0) is 0 Å². The van der Waals surface area contributed by atoms with Crippen LogP contribution in [-0.4, -0.2) is 48.3 Å². The molecular formula is C12H24N2O. The minimum absolute atomic E-state index is 0.0304. The molecule has 15 heavy (non-hydrogen) atoms. The molecule has 3 nitrogen and oxygen atoms in total. The average Bonchev–Trinajstić information content (AvgIpc) is 2.63. The average molecular weight is 212 g/mol. The first-order valence-electron chi connectivity index (χ1n) is 6.37. The van der Waals surface area contributed by atoms with Crippen LogP contribution in [0.2, 0.25) is 0 Å². The zero-order chi connectivity index (χ0) is 10.7. The number of hydrogen-bond acceptors (Lipinski definition) is 3. The predicted molar refractivity (Wildman–Crippen MR) is 61.9 cm³/mol. The lowest BCUT2D eigenvalue weighted by molar-refractivity contribution is 0.115. The molecule has 0 bridgehead atoms. The fraction of sp³-hybridized carbons (Fsp3) is 1.00. The number of nitrogens with one attached hydrogen (secondary N) is 1. The van der Waals surface area contributed by atoms with E-state index >= 15 is 0 Å². The molecule has 1 atom stereocenters. The maximum atomic E-state index is 9.41. The lowest BCUT2D eigenvalue weighted by Gasteiger charge is -2.28. The maximum Gasteiger partial charge on any atom is 0.0541 e. The highest BCUT2D eigenvalue weighted by Gasteiger charge is 2.23. The van der Waals surface area contributed by atoms with Crippen molar-refractivity contribution in [3.63, 3.8) is 0 Å². The Morgan fingerprint density at radius 3 is 2.53 bits per heavy atom. The summed E-state index contributed by atoms with van der Waals surface area (Å²) in [6, 6.07) is 1.40. The molecule has 2 rings (SSSR count). The van der Waals surface area contributed by atoms with Crippen molar-refractivity contribution < 1.29 is 5.11 Å². The van der Waals surface area contributed by atoms with E-state index in [2.05, 4.69) is 17.3 Å². The van der Waals surface area contributed by atoms with Crippen LogP contribution in [0.5, 0.6) is 0 Å². The quantitative estimate of drug-likeness (QED) is 0.732. The van der Waals surface area contributed by atoms with Crippen LogP contribution in [0.1, 0.15) is 38.5 Å². The fourth-order valence-corrected chi connectivity index (χ4v) is 2.82. The molecule has 1 aliphatic carbocycles. The maximum absolute atomic E-state index is 9.41. The molecule has 2 fully saturated rings. The second-order valence-electron chi connectivity index (χ2n) is 5.19. The van der Waals surface area contributed by atoms with Gasteiger partial charge in [0.2, 0.25) is 0 Å². The highest BCUT2D eigenvalue weighted by Crippen LogP contribution is 2.19. The summed E-state index contributed by atoms with van der Waals surface area (Å²) in [6.07, 6.45) is 6.94. The van der Waals surface area contributed by atoms with Crippen LogP contribution in [0.25, 0.3) is 0 Å². The van der Waals surface area contributed by atoms with Gasteiger partial charge >= 0.3 is 0 Å². The van der Waals surface area contributed by atoms with E-state index in [-0.39, 0.29) is 6.10 Å². The van der Waals surface area contributed by atoms with Crippen LogP contribution >= 0.6 is 0 Å². The molecule has 1 saturated carbocycles. The van der Waals surface area contributed by atoms with Gasteiger partial charge in [0, 0.05) is 18.6 Å². The molecule has 3 heteroatoms.